The van der Waals surface area contributed by atoms with Crippen molar-refractivity contribution in [3.05, 3.63) is 76.9 Å². The molecule has 4 unspecified atom stereocenters. The molecule has 1 aliphatic carbocycles. The van der Waals surface area contributed by atoms with Crippen molar-refractivity contribution in [2.24, 2.45) is 11.7 Å². The fraction of sp³-hybridized carbons (Fsp3) is 0.357. The Morgan fingerprint density at radius 2 is 2.03 bits per heavy atom. The highest BCUT2D eigenvalue weighted by atomic mass is 19.1. The van der Waals surface area contributed by atoms with Crippen molar-refractivity contribution in [3.8, 4) is 0 Å². The van der Waals surface area contributed by atoms with Crippen LogP contribution in [0.3, 0.4) is 0 Å². The smallest absolute Gasteiger partial charge is 0.217 e. The molecule has 6 N–H and O–H groups in total. The number of carbonyl (C=O) groups excluding carboxylic acids is 1. The maximum atomic E-state index is 14.4. The van der Waals surface area contributed by atoms with Crippen LogP contribution in [0.1, 0.15) is 55.0 Å². The molecular weight excluding hydrogens is 504 g/mol. The number of ether oxygens (including phenoxy) is 1. The van der Waals surface area contributed by atoms with Gasteiger partial charge in [0.05, 0.1) is 41.7 Å². The number of benzene rings is 1. The van der Waals surface area contributed by atoms with E-state index in [4.69, 9.17) is 15.9 Å². The molecule has 4 atom stereocenters. The molecule has 1 fully saturated rings. The van der Waals surface area contributed by atoms with Gasteiger partial charge in [0.2, 0.25) is 11.9 Å². The Bertz CT molecular complexity index is 1340. The molecule has 0 radical (unpaired) electrons. The predicted octanol–water partition coefficient (Wildman–Crippen LogP) is 4.40. The lowest BCUT2D eigenvalue weighted by molar-refractivity contribution is -0.120. The lowest BCUT2D eigenvalue weighted by Gasteiger charge is -2.39. The number of anilines is 2. The third-order valence-corrected chi connectivity index (χ3v) is 6.91. The summed E-state index contributed by atoms with van der Waals surface area (Å²) in [5.74, 6) is -0.924. The van der Waals surface area contributed by atoms with Gasteiger partial charge < -0.3 is 31.5 Å². The van der Waals surface area contributed by atoms with Crippen molar-refractivity contribution < 1.29 is 18.3 Å². The Hall–Kier alpha value is -3.96. The number of allylic oxidation sites excluding steroid dienone is 1. The summed E-state index contributed by atoms with van der Waals surface area (Å²) in [6, 6.07) is 4.03. The van der Waals surface area contributed by atoms with Crippen LogP contribution in [0.4, 0.5) is 20.4 Å². The number of methoxy groups -OCH3 is 1. The first-order chi connectivity index (χ1) is 18.7. The second-order valence-corrected chi connectivity index (χ2v) is 9.93. The second kappa shape index (κ2) is 12.3. The van der Waals surface area contributed by atoms with Gasteiger partial charge in [-0.2, -0.15) is 0 Å². The zero-order valence-corrected chi connectivity index (χ0v) is 22.1. The van der Waals surface area contributed by atoms with E-state index in [1.165, 1.54) is 26.2 Å². The van der Waals surface area contributed by atoms with Crippen molar-refractivity contribution in [3.63, 3.8) is 0 Å². The van der Waals surface area contributed by atoms with Gasteiger partial charge in [-0.1, -0.05) is 6.92 Å². The molecule has 206 valence electrons. The van der Waals surface area contributed by atoms with Gasteiger partial charge in [-0.3, -0.25) is 9.78 Å². The fourth-order valence-electron chi connectivity index (χ4n) is 5.19. The number of halogens is 2. The molecule has 9 nitrogen and oxygen atoms in total. The van der Waals surface area contributed by atoms with E-state index in [1.54, 1.807) is 18.6 Å². The average molecular weight is 538 g/mol. The number of hydrogen-bond acceptors (Lipinski definition) is 7. The van der Waals surface area contributed by atoms with Crippen LogP contribution in [-0.4, -0.2) is 45.8 Å². The lowest BCUT2D eigenvalue weighted by atomic mass is 9.73. The van der Waals surface area contributed by atoms with Gasteiger partial charge in [0.15, 0.2) is 0 Å². The van der Waals surface area contributed by atoms with Crippen LogP contribution in [0.2, 0.25) is 0 Å². The maximum Gasteiger partial charge on any atom is 0.217 e. The summed E-state index contributed by atoms with van der Waals surface area (Å²) < 4.78 is 33.8. The molecule has 1 aliphatic rings. The first-order valence-corrected chi connectivity index (χ1v) is 12.7. The van der Waals surface area contributed by atoms with Crippen molar-refractivity contribution >= 4 is 29.3 Å². The molecule has 1 saturated carbocycles. The first kappa shape index (κ1) is 28.1. The summed E-state index contributed by atoms with van der Waals surface area (Å²) in [4.78, 5) is 23.3. The minimum Gasteiger partial charge on any atom is -0.380 e. The van der Waals surface area contributed by atoms with E-state index in [0.717, 1.165) is 29.8 Å². The Kier molecular flexibility index (Phi) is 8.82. The topological polar surface area (TPSA) is 142 Å². The third-order valence-electron chi connectivity index (χ3n) is 6.91. The predicted molar refractivity (Wildman–Crippen MR) is 146 cm³/mol. The number of amides is 1. The SMILES string of the molecule is COCc1cc(F)c(C(=N)/C=C\c2cnc(Nc3cnccc3C3CC(C)C(NC(C)=O)C(N)C3)[nH]2)c(F)c1. The number of H-pyrrole nitrogens is 1. The number of aromatic amines is 1. The van der Waals surface area contributed by atoms with Crippen LogP contribution in [0.15, 0.2) is 42.9 Å². The van der Waals surface area contributed by atoms with E-state index >= 15 is 0 Å². The van der Waals surface area contributed by atoms with E-state index in [-0.39, 0.29) is 42.1 Å². The quantitative estimate of drug-likeness (QED) is 0.256. The summed E-state index contributed by atoms with van der Waals surface area (Å²) >= 11 is 0. The minimum absolute atomic E-state index is 0.0691. The summed E-state index contributed by atoms with van der Waals surface area (Å²) in [6.07, 6.45) is 9.40. The largest absolute Gasteiger partial charge is 0.380 e. The number of imidazole rings is 1. The maximum absolute atomic E-state index is 14.4. The third kappa shape index (κ3) is 6.73. The van der Waals surface area contributed by atoms with Gasteiger partial charge in [0.1, 0.15) is 11.6 Å². The van der Waals surface area contributed by atoms with Gasteiger partial charge >= 0.3 is 0 Å². The number of nitrogens with zero attached hydrogens (tertiary/aromatic N) is 2. The van der Waals surface area contributed by atoms with Gasteiger partial charge in [-0.05, 0) is 66.2 Å². The molecule has 2 aromatic heterocycles. The van der Waals surface area contributed by atoms with Crippen molar-refractivity contribution in [2.45, 2.75) is 51.3 Å². The van der Waals surface area contributed by atoms with Gasteiger partial charge in [0.25, 0.3) is 0 Å². The standard InChI is InChI=1S/C28H33F2N7O2/c1-15-8-18(11-24(32)27(15)35-16(2)38)20-6-7-33-13-25(20)37-28-34-12-19(36-28)4-5-23(31)26-21(29)9-17(14-39-3)10-22(26)30/h4-7,9-10,12-13,15,18,24,27,31H,8,11,14,32H2,1-3H3,(H,35,38)(H2,34,36,37)/b5-4-,31-23?. The normalized spacial score (nSPS) is 21.2. The average Bonchev–Trinajstić information content (AvgIpc) is 3.32. The number of aromatic nitrogens is 3. The fourth-order valence-corrected chi connectivity index (χ4v) is 5.19. The van der Waals surface area contributed by atoms with Crippen LogP contribution >= 0.6 is 0 Å². The molecule has 11 heteroatoms. The Labute approximate surface area is 225 Å². The summed E-state index contributed by atoms with van der Waals surface area (Å²) in [7, 11) is 1.44. The van der Waals surface area contributed by atoms with Gasteiger partial charge in [-0.15, -0.1) is 0 Å². The molecule has 0 aliphatic heterocycles. The van der Waals surface area contributed by atoms with E-state index in [1.807, 2.05) is 6.07 Å². The number of carbonyl (C=O) groups is 1. The van der Waals surface area contributed by atoms with Gasteiger partial charge in [-0.25, -0.2) is 13.8 Å². The monoisotopic (exact) mass is 537 g/mol. The highest BCUT2D eigenvalue weighted by molar-refractivity contribution is 6.09. The van der Waals surface area contributed by atoms with Crippen molar-refractivity contribution in [1.82, 2.24) is 20.3 Å². The van der Waals surface area contributed by atoms with Crippen LogP contribution in [0, 0.1) is 23.0 Å². The molecule has 4 rings (SSSR count). The summed E-state index contributed by atoms with van der Waals surface area (Å²) in [5, 5.41) is 14.4. The second-order valence-electron chi connectivity index (χ2n) is 9.93. The lowest BCUT2D eigenvalue weighted by Crippen LogP contribution is -2.54. The van der Waals surface area contributed by atoms with E-state index in [9.17, 15) is 13.6 Å². The van der Waals surface area contributed by atoms with Crippen molar-refractivity contribution in [2.75, 3.05) is 12.4 Å². The first-order valence-electron chi connectivity index (χ1n) is 12.7. The molecule has 39 heavy (non-hydrogen) atoms. The molecule has 0 saturated heterocycles. The van der Waals surface area contributed by atoms with Crippen LogP contribution in [0.5, 0.6) is 0 Å². The zero-order chi connectivity index (χ0) is 28.1. The zero-order valence-electron chi connectivity index (χ0n) is 22.1. The van der Waals surface area contributed by atoms with Crippen molar-refractivity contribution in [1.29, 1.82) is 5.41 Å². The number of rotatable bonds is 9. The van der Waals surface area contributed by atoms with E-state index in [0.29, 0.717) is 23.6 Å². The van der Waals surface area contributed by atoms with Gasteiger partial charge in [0, 0.05) is 32.3 Å². The highest BCUT2D eigenvalue weighted by Crippen LogP contribution is 2.39. The highest BCUT2D eigenvalue weighted by Gasteiger charge is 2.35. The minimum atomic E-state index is -0.826. The summed E-state index contributed by atoms with van der Waals surface area (Å²) in [6.45, 7) is 3.67. The van der Waals surface area contributed by atoms with Crippen LogP contribution in [0.25, 0.3) is 6.08 Å². The van der Waals surface area contributed by atoms with Crippen LogP contribution in [-0.2, 0) is 16.1 Å². The number of nitrogens with one attached hydrogen (secondary N) is 4. The Balaban J connectivity index is 1.46. The Morgan fingerprint density at radius 3 is 2.69 bits per heavy atom. The molecule has 1 amide bonds. The number of nitrogens with two attached hydrogens (primary N) is 1. The number of pyridine rings is 1. The van der Waals surface area contributed by atoms with Crippen LogP contribution < -0.4 is 16.4 Å². The molecule has 3 aromatic rings. The molecule has 2 heterocycles. The van der Waals surface area contributed by atoms with E-state index < -0.39 is 17.2 Å². The Morgan fingerprint density at radius 1 is 1.28 bits per heavy atom. The molecular formula is C28H33F2N7O2. The number of hydrogen-bond donors (Lipinski definition) is 5. The van der Waals surface area contributed by atoms with E-state index in [2.05, 4.69) is 32.5 Å². The molecule has 0 bridgehead atoms. The molecule has 0 spiro atoms. The molecule has 1 aromatic carbocycles. The summed E-state index contributed by atoms with van der Waals surface area (Å²) in [5.41, 5.74) is 8.43.